The van der Waals surface area contributed by atoms with Crippen molar-refractivity contribution in [2.75, 3.05) is 32.7 Å². The van der Waals surface area contributed by atoms with Crippen molar-refractivity contribution in [2.24, 2.45) is 4.99 Å². The van der Waals surface area contributed by atoms with Gasteiger partial charge in [0.05, 0.1) is 0 Å². The molecule has 0 atom stereocenters. The highest BCUT2D eigenvalue weighted by molar-refractivity contribution is 14.0. The number of rotatable bonds is 5. The van der Waals surface area contributed by atoms with E-state index in [0.717, 1.165) is 58.1 Å². The number of halogens is 1. The van der Waals surface area contributed by atoms with Gasteiger partial charge in [-0.15, -0.1) is 24.0 Å². The van der Waals surface area contributed by atoms with Gasteiger partial charge < -0.3 is 15.1 Å². The van der Waals surface area contributed by atoms with Gasteiger partial charge in [0.2, 0.25) is 5.91 Å². The lowest BCUT2D eigenvalue weighted by Gasteiger charge is -2.29. The molecule has 0 aromatic heterocycles. The zero-order valence-corrected chi connectivity index (χ0v) is 18.1. The average molecular weight is 470 g/mol. The molecule has 0 aliphatic carbocycles. The second-order valence-electron chi connectivity index (χ2n) is 6.87. The highest BCUT2D eigenvalue weighted by Crippen LogP contribution is 2.19. The summed E-state index contributed by atoms with van der Waals surface area (Å²) in [5, 5.41) is 3.37. The van der Waals surface area contributed by atoms with Crippen LogP contribution in [0.15, 0.2) is 29.3 Å². The molecule has 1 saturated heterocycles. The first kappa shape index (κ1) is 21.0. The first-order chi connectivity index (χ1) is 12.3. The van der Waals surface area contributed by atoms with E-state index in [1.165, 1.54) is 24.0 Å². The molecule has 1 amide bonds. The zero-order chi connectivity index (χ0) is 17.5. The van der Waals surface area contributed by atoms with Crippen molar-refractivity contribution in [1.29, 1.82) is 0 Å². The van der Waals surface area contributed by atoms with E-state index < -0.39 is 0 Å². The Labute approximate surface area is 174 Å². The van der Waals surface area contributed by atoms with Crippen LogP contribution in [0.2, 0.25) is 0 Å². The van der Waals surface area contributed by atoms with Gasteiger partial charge in [0.25, 0.3) is 0 Å². The van der Waals surface area contributed by atoms with Crippen molar-refractivity contribution in [1.82, 2.24) is 15.1 Å². The summed E-state index contributed by atoms with van der Waals surface area (Å²) in [5.41, 5.74) is 2.68. The van der Waals surface area contributed by atoms with E-state index in [0.29, 0.717) is 6.42 Å². The first-order valence-corrected chi connectivity index (χ1v) is 9.65. The normalized spacial score (nSPS) is 16.9. The van der Waals surface area contributed by atoms with Gasteiger partial charge in [-0.2, -0.15) is 0 Å². The van der Waals surface area contributed by atoms with Gasteiger partial charge in [-0.25, -0.2) is 0 Å². The minimum Gasteiger partial charge on any atom is -0.357 e. The molecule has 1 fully saturated rings. The summed E-state index contributed by atoms with van der Waals surface area (Å²) in [6, 6.07) is 8.45. The van der Waals surface area contributed by atoms with Crippen LogP contribution in [-0.2, 0) is 17.8 Å². The van der Waals surface area contributed by atoms with Crippen LogP contribution >= 0.6 is 24.0 Å². The number of hydrogen-bond donors (Lipinski definition) is 1. The third-order valence-electron chi connectivity index (χ3n) is 5.03. The van der Waals surface area contributed by atoms with Crippen molar-refractivity contribution in [3.05, 3.63) is 35.4 Å². The predicted molar refractivity (Wildman–Crippen MR) is 117 cm³/mol. The minimum absolute atomic E-state index is 0. The van der Waals surface area contributed by atoms with Gasteiger partial charge in [0.15, 0.2) is 5.96 Å². The SMILES string of the molecule is CCNC(=NCCCC(=O)N1CCc2ccccc2C1)N1CCCC1.I. The summed E-state index contributed by atoms with van der Waals surface area (Å²) in [6.07, 6.45) is 4.88. The smallest absolute Gasteiger partial charge is 0.222 e. The molecule has 2 heterocycles. The number of carbonyl (C=O) groups is 1. The van der Waals surface area contributed by atoms with Crippen molar-refractivity contribution in [3.63, 3.8) is 0 Å². The molecule has 3 rings (SSSR count). The second kappa shape index (κ2) is 10.7. The van der Waals surface area contributed by atoms with E-state index >= 15 is 0 Å². The van der Waals surface area contributed by atoms with E-state index in [1.54, 1.807) is 0 Å². The number of carbonyl (C=O) groups excluding carboxylic acids is 1. The third kappa shape index (κ3) is 5.59. The number of hydrogen-bond acceptors (Lipinski definition) is 2. The Morgan fingerprint density at radius 1 is 1.12 bits per heavy atom. The fourth-order valence-electron chi connectivity index (χ4n) is 3.64. The van der Waals surface area contributed by atoms with Gasteiger partial charge in [-0.3, -0.25) is 9.79 Å². The second-order valence-corrected chi connectivity index (χ2v) is 6.87. The molecule has 0 spiro atoms. The Morgan fingerprint density at radius 2 is 1.85 bits per heavy atom. The predicted octanol–water partition coefficient (Wildman–Crippen LogP) is 3.03. The van der Waals surface area contributed by atoms with Gasteiger partial charge >= 0.3 is 0 Å². The van der Waals surface area contributed by atoms with Crippen LogP contribution in [0, 0.1) is 0 Å². The topological polar surface area (TPSA) is 47.9 Å². The lowest BCUT2D eigenvalue weighted by Crippen LogP contribution is -2.39. The number of likely N-dealkylation sites (tertiary alicyclic amines) is 1. The molecule has 26 heavy (non-hydrogen) atoms. The molecule has 5 nitrogen and oxygen atoms in total. The molecular weight excluding hydrogens is 439 g/mol. The van der Waals surface area contributed by atoms with Crippen LogP contribution in [0.5, 0.6) is 0 Å². The maximum Gasteiger partial charge on any atom is 0.222 e. The number of nitrogens with zero attached hydrogens (tertiary/aromatic N) is 3. The minimum atomic E-state index is 0. The summed E-state index contributed by atoms with van der Waals surface area (Å²) in [7, 11) is 0. The quantitative estimate of drug-likeness (QED) is 0.312. The fraction of sp³-hybridized carbons (Fsp3) is 0.600. The standard InChI is InChI=1S/C20H30N4O.HI/c1-2-21-20(23-13-5-6-14-23)22-12-7-10-19(25)24-15-11-17-8-3-4-9-18(17)16-24;/h3-4,8-9H,2,5-7,10-16H2,1H3,(H,21,22);1H. The highest BCUT2D eigenvalue weighted by atomic mass is 127. The van der Waals surface area contributed by atoms with Crippen LogP contribution in [0.1, 0.15) is 43.7 Å². The Bertz CT molecular complexity index is 614. The largest absolute Gasteiger partial charge is 0.357 e. The van der Waals surface area contributed by atoms with E-state index in [4.69, 9.17) is 4.99 Å². The summed E-state index contributed by atoms with van der Waals surface area (Å²) in [5.74, 6) is 1.27. The molecule has 2 aliphatic rings. The molecule has 6 heteroatoms. The van der Waals surface area contributed by atoms with Crippen molar-refractivity contribution >= 4 is 35.8 Å². The van der Waals surface area contributed by atoms with Crippen molar-refractivity contribution in [3.8, 4) is 0 Å². The number of fused-ring (bicyclic) bond motifs is 1. The average Bonchev–Trinajstić information content (AvgIpc) is 3.18. The van der Waals surface area contributed by atoms with Crippen LogP contribution in [-0.4, -0.2) is 54.4 Å². The van der Waals surface area contributed by atoms with Crippen molar-refractivity contribution < 1.29 is 4.79 Å². The van der Waals surface area contributed by atoms with Crippen LogP contribution in [0.25, 0.3) is 0 Å². The monoisotopic (exact) mass is 470 g/mol. The number of aliphatic imine (C=N–C) groups is 1. The number of amides is 1. The number of nitrogens with one attached hydrogen (secondary N) is 1. The molecule has 144 valence electrons. The third-order valence-corrected chi connectivity index (χ3v) is 5.03. The molecule has 1 aromatic rings. The Kier molecular flexibility index (Phi) is 8.68. The summed E-state index contributed by atoms with van der Waals surface area (Å²) in [6.45, 7) is 7.50. The van der Waals surface area contributed by atoms with Crippen LogP contribution in [0.4, 0.5) is 0 Å². The fourth-order valence-corrected chi connectivity index (χ4v) is 3.64. The lowest BCUT2D eigenvalue weighted by molar-refractivity contribution is -0.132. The summed E-state index contributed by atoms with van der Waals surface area (Å²) >= 11 is 0. The summed E-state index contributed by atoms with van der Waals surface area (Å²) < 4.78 is 0. The Hall–Kier alpha value is -1.31. The van der Waals surface area contributed by atoms with E-state index in [9.17, 15) is 4.79 Å². The zero-order valence-electron chi connectivity index (χ0n) is 15.7. The molecule has 0 unspecified atom stereocenters. The van der Waals surface area contributed by atoms with E-state index in [2.05, 4.69) is 41.4 Å². The van der Waals surface area contributed by atoms with E-state index in [-0.39, 0.29) is 29.9 Å². The van der Waals surface area contributed by atoms with E-state index in [1.807, 2.05) is 4.90 Å². The molecule has 1 aromatic carbocycles. The maximum absolute atomic E-state index is 12.5. The van der Waals surface area contributed by atoms with Crippen LogP contribution < -0.4 is 5.32 Å². The van der Waals surface area contributed by atoms with Crippen molar-refractivity contribution in [2.45, 2.75) is 45.6 Å². The number of guanidine groups is 1. The van der Waals surface area contributed by atoms with Gasteiger partial charge in [-0.05, 0) is 43.7 Å². The van der Waals surface area contributed by atoms with Crippen LogP contribution in [0.3, 0.4) is 0 Å². The Balaban J connectivity index is 0.00000243. The van der Waals surface area contributed by atoms with Gasteiger partial charge in [-0.1, -0.05) is 24.3 Å². The maximum atomic E-state index is 12.5. The molecule has 0 bridgehead atoms. The molecular formula is C20H31IN4O. The van der Waals surface area contributed by atoms with Gasteiger partial charge in [0.1, 0.15) is 0 Å². The Morgan fingerprint density at radius 3 is 2.58 bits per heavy atom. The molecule has 2 aliphatic heterocycles. The van der Waals surface area contributed by atoms with Gasteiger partial charge in [0, 0.05) is 45.7 Å². The number of benzene rings is 1. The molecule has 0 saturated carbocycles. The molecule has 1 N–H and O–H groups in total. The highest BCUT2D eigenvalue weighted by Gasteiger charge is 2.20. The first-order valence-electron chi connectivity index (χ1n) is 9.65. The lowest BCUT2D eigenvalue weighted by atomic mass is 9.99. The summed E-state index contributed by atoms with van der Waals surface area (Å²) in [4.78, 5) is 21.5. The molecule has 0 radical (unpaired) electrons.